The number of carbonyl (C=O) groups excluding carboxylic acids is 1. The molecule has 1 amide bonds. The van der Waals surface area contributed by atoms with Gasteiger partial charge in [0.05, 0.1) is 18.7 Å². The maximum Gasteiger partial charge on any atom is 0.267 e. The lowest BCUT2D eigenvalue weighted by atomic mass is 9.69. The van der Waals surface area contributed by atoms with Crippen LogP contribution in [0.2, 0.25) is 0 Å². The molecule has 0 aromatic carbocycles. The fourth-order valence-corrected chi connectivity index (χ4v) is 2.52. The average Bonchev–Trinajstić information content (AvgIpc) is 2.87. The number of hydroxylamine groups is 2. The van der Waals surface area contributed by atoms with E-state index in [-0.39, 0.29) is 11.9 Å². The molecular formula is C16H20N2O2. The molecule has 0 aromatic rings. The van der Waals surface area contributed by atoms with Crippen molar-refractivity contribution in [2.24, 2.45) is 5.41 Å². The summed E-state index contributed by atoms with van der Waals surface area (Å²) in [6.07, 6.45) is 10.6. The Bertz CT molecular complexity index is 495. The molecule has 106 valence electrons. The lowest BCUT2D eigenvalue weighted by molar-refractivity contribution is -0.186. The van der Waals surface area contributed by atoms with Crippen molar-refractivity contribution in [2.75, 3.05) is 6.61 Å². The summed E-state index contributed by atoms with van der Waals surface area (Å²) in [5, 5.41) is 10.6. The summed E-state index contributed by atoms with van der Waals surface area (Å²) in [4.78, 5) is 18.0. The van der Waals surface area contributed by atoms with Crippen molar-refractivity contribution in [1.29, 1.82) is 5.26 Å². The summed E-state index contributed by atoms with van der Waals surface area (Å²) in [6.45, 7) is 6.45. The second-order valence-electron chi connectivity index (χ2n) is 5.28. The highest BCUT2D eigenvalue weighted by atomic mass is 16.7. The third kappa shape index (κ3) is 2.54. The number of hydrogen-bond acceptors (Lipinski definition) is 3. The third-order valence-electron chi connectivity index (χ3n) is 3.98. The highest BCUT2D eigenvalue weighted by Crippen LogP contribution is 2.43. The van der Waals surface area contributed by atoms with Gasteiger partial charge in [0.2, 0.25) is 0 Å². The second-order valence-corrected chi connectivity index (χ2v) is 5.28. The number of amides is 1. The van der Waals surface area contributed by atoms with Gasteiger partial charge in [-0.05, 0) is 31.8 Å². The van der Waals surface area contributed by atoms with Crippen LogP contribution in [-0.2, 0) is 9.63 Å². The van der Waals surface area contributed by atoms with E-state index in [1.54, 1.807) is 0 Å². The van der Waals surface area contributed by atoms with E-state index in [1.807, 2.05) is 31.2 Å². The maximum absolute atomic E-state index is 12.5. The van der Waals surface area contributed by atoms with Gasteiger partial charge < -0.3 is 0 Å². The molecule has 1 heterocycles. The Labute approximate surface area is 120 Å². The molecule has 1 saturated heterocycles. The van der Waals surface area contributed by atoms with Crippen LogP contribution in [0.4, 0.5) is 0 Å². The van der Waals surface area contributed by atoms with Gasteiger partial charge in [-0.25, -0.2) is 5.06 Å². The Kier molecular flexibility index (Phi) is 4.41. The predicted molar refractivity (Wildman–Crippen MR) is 76.2 cm³/mol. The minimum absolute atomic E-state index is 0.158. The minimum Gasteiger partial charge on any atom is -0.271 e. The molecule has 2 rings (SSSR count). The summed E-state index contributed by atoms with van der Waals surface area (Å²) >= 11 is 0. The predicted octanol–water partition coefficient (Wildman–Crippen LogP) is 2.90. The first-order valence-electron chi connectivity index (χ1n) is 7.00. The molecule has 1 atom stereocenters. The molecule has 0 aromatic heterocycles. The highest BCUT2D eigenvalue weighted by molar-refractivity contribution is 5.86. The van der Waals surface area contributed by atoms with Crippen LogP contribution in [0, 0.1) is 16.7 Å². The van der Waals surface area contributed by atoms with Gasteiger partial charge in [-0.2, -0.15) is 5.26 Å². The van der Waals surface area contributed by atoms with Gasteiger partial charge in [-0.15, -0.1) is 0 Å². The zero-order valence-electron chi connectivity index (χ0n) is 11.8. The van der Waals surface area contributed by atoms with E-state index in [1.165, 1.54) is 5.06 Å². The van der Waals surface area contributed by atoms with Crippen molar-refractivity contribution in [1.82, 2.24) is 5.06 Å². The normalized spacial score (nSPS) is 24.8. The van der Waals surface area contributed by atoms with E-state index in [9.17, 15) is 10.1 Å². The van der Waals surface area contributed by atoms with E-state index in [0.717, 1.165) is 18.4 Å². The van der Waals surface area contributed by atoms with Crippen LogP contribution in [0.25, 0.3) is 0 Å². The maximum atomic E-state index is 12.5. The Hall–Kier alpha value is -1.86. The van der Waals surface area contributed by atoms with Gasteiger partial charge in [-0.1, -0.05) is 30.9 Å². The van der Waals surface area contributed by atoms with Crippen LogP contribution in [0.3, 0.4) is 0 Å². The van der Waals surface area contributed by atoms with Crippen LogP contribution in [0.15, 0.2) is 36.5 Å². The van der Waals surface area contributed by atoms with Gasteiger partial charge in [-0.3, -0.25) is 9.63 Å². The molecule has 2 aliphatic rings. The van der Waals surface area contributed by atoms with E-state index >= 15 is 0 Å². The lowest BCUT2D eigenvalue weighted by Gasteiger charge is -2.37. The van der Waals surface area contributed by atoms with Crippen molar-refractivity contribution < 1.29 is 9.63 Å². The number of rotatable bonds is 4. The zero-order chi connectivity index (χ0) is 14.6. The van der Waals surface area contributed by atoms with Gasteiger partial charge in [0.1, 0.15) is 5.41 Å². The van der Waals surface area contributed by atoms with Crippen LogP contribution in [-0.4, -0.2) is 23.6 Å². The van der Waals surface area contributed by atoms with Crippen molar-refractivity contribution in [2.45, 2.75) is 38.6 Å². The van der Waals surface area contributed by atoms with Gasteiger partial charge >= 0.3 is 0 Å². The largest absolute Gasteiger partial charge is 0.271 e. The topological polar surface area (TPSA) is 53.3 Å². The first kappa shape index (κ1) is 14.5. The Morgan fingerprint density at radius 1 is 1.50 bits per heavy atom. The monoisotopic (exact) mass is 272 g/mol. The lowest BCUT2D eigenvalue weighted by Crippen LogP contribution is -2.48. The molecule has 0 unspecified atom stereocenters. The van der Waals surface area contributed by atoms with Crippen molar-refractivity contribution in [3.8, 4) is 6.07 Å². The van der Waals surface area contributed by atoms with Crippen molar-refractivity contribution in [3.63, 3.8) is 0 Å². The molecule has 0 spiro atoms. The SMILES string of the molecule is C=C(/C=C\C=C/C)[C@@H]1CCON1C(=O)C1(C#N)CCC1. The Morgan fingerprint density at radius 3 is 2.80 bits per heavy atom. The highest BCUT2D eigenvalue weighted by Gasteiger charge is 2.50. The van der Waals surface area contributed by atoms with Crippen LogP contribution in [0.5, 0.6) is 0 Å². The molecule has 1 saturated carbocycles. The summed E-state index contributed by atoms with van der Waals surface area (Å²) in [7, 11) is 0. The number of nitrogens with zero attached hydrogens (tertiary/aromatic N) is 2. The number of allylic oxidation sites excluding steroid dienone is 3. The standard InChI is InChI=1S/C16H20N2O2/c1-3-4-5-7-13(2)14-8-11-20-18(14)15(19)16(12-17)9-6-10-16/h3-5,7,14H,2,6,8-11H2,1H3/b4-3-,7-5-/t14-/m0/s1. The fourth-order valence-electron chi connectivity index (χ4n) is 2.52. The molecule has 1 aliphatic carbocycles. The number of nitriles is 1. The first-order valence-corrected chi connectivity index (χ1v) is 7.00. The van der Waals surface area contributed by atoms with E-state index < -0.39 is 5.41 Å². The van der Waals surface area contributed by atoms with E-state index in [2.05, 4.69) is 12.6 Å². The Morgan fingerprint density at radius 2 is 2.25 bits per heavy atom. The smallest absolute Gasteiger partial charge is 0.267 e. The van der Waals surface area contributed by atoms with Crippen LogP contribution in [0.1, 0.15) is 32.6 Å². The second kappa shape index (κ2) is 6.06. The fraction of sp³-hybridized carbons (Fsp3) is 0.500. The van der Waals surface area contributed by atoms with Gasteiger partial charge in [0, 0.05) is 6.42 Å². The summed E-state index contributed by atoms with van der Waals surface area (Å²) in [6, 6.07) is 2.02. The Balaban J connectivity index is 2.09. The number of carbonyl (C=O) groups is 1. The molecule has 0 bridgehead atoms. The number of hydrogen-bond donors (Lipinski definition) is 0. The van der Waals surface area contributed by atoms with E-state index in [0.29, 0.717) is 19.4 Å². The molecule has 0 radical (unpaired) electrons. The first-order chi connectivity index (χ1) is 9.64. The summed E-state index contributed by atoms with van der Waals surface area (Å²) in [5.74, 6) is -0.200. The van der Waals surface area contributed by atoms with Crippen LogP contribution >= 0.6 is 0 Å². The zero-order valence-corrected chi connectivity index (χ0v) is 11.8. The summed E-state index contributed by atoms with van der Waals surface area (Å²) in [5.41, 5.74) is -0.0306. The molecule has 1 aliphatic heterocycles. The average molecular weight is 272 g/mol. The van der Waals surface area contributed by atoms with Gasteiger partial charge in [0.15, 0.2) is 0 Å². The quantitative estimate of drug-likeness (QED) is 0.739. The molecule has 4 nitrogen and oxygen atoms in total. The van der Waals surface area contributed by atoms with Crippen molar-refractivity contribution >= 4 is 5.91 Å². The molecular weight excluding hydrogens is 252 g/mol. The molecule has 0 N–H and O–H groups in total. The third-order valence-corrected chi connectivity index (χ3v) is 3.98. The van der Waals surface area contributed by atoms with Crippen LogP contribution < -0.4 is 0 Å². The minimum atomic E-state index is -0.865. The molecule has 20 heavy (non-hydrogen) atoms. The molecule has 4 heteroatoms. The van der Waals surface area contributed by atoms with Gasteiger partial charge in [0.25, 0.3) is 5.91 Å². The molecule has 2 fully saturated rings. The summed E-state index contributed by atoms with van der Waals surface area (Å²) < 4.78 is 0. The van der Waals surface area contributed by atoms with E-state index in [4.69, 9.17) is 4.84 Å². The van der Waals surface area contributed by atoms with Crippen molar-refractivity contribution in [3.05, 3.63) is 36.5 Å².